The Balaban J connectivity index is 1.12. The van der Waals surface area contributed by atoms with Crippen LogP contribution in [0, 0.1) is 6.85 Å². The van der Waals surface area contributed by atoms with Gasteiger partial charge in [-0.2, -0.15) is 0 Å². The van der Waals surface area contributed by atoms with Gasteiger partial charge in [0.15, 0.2) is 0 Å². The molecule has 13 rings (SSSR count). The second-order valence-corrected chi connectivity index (χ2v) is 26.4. The maximum Gasteiger partial charge on any atom is 0.0618 e. The number of aryl methyl sites for hydroxylation is 1. The van der Waals surface area contributed by atoms with Gasteiger partial charge >= 0.3 is 0 Å². The second-order valence-electron chi connectivity index (χ2n) is 25.5. The first-order chi connectivity index (χ1) is 45.3. The molecule has 0 amide bonds. The molecule has 0 aliphatic carbocycles. The molecule has 0 saturated carbocycles. The standard InChI is InChI=1S/C87H72Cl2N2/c1-59-46-78(90(76-44-24-42-74(88)56-76)84-80(62-30-16-10-17-31-62)52-72(86(2,3)4)54-82(84)70-40-22-38-68(50-70)66-36-20-34-64(48-66)60-26-12-8-13-27-60)58-79(47-59)91(77-45-25-43-75(89)57-77)85-81(63-32-18-11-19-33-63)53-73(87(5,6)7)55-83(85)71-41-23-39-69(51-71)67-37-21-35-65(49-67)61-28-14-9-15-29-61/h8-58H,1-7H3/i1D3. The van der Waals surface area contributed by atoms with Gasteiger partial charge in [-0.25, -0.2) is 0 Å². The third kappa shape index (κ3) is 12.9. The van der Waals surface area contributed by atoms with E-state index in [0.29, 0.717) is 21.4 Å². The lowest BCUT2D eigenvalue weighted by atomic mass is 9.81. The van der Waals surface area contributed by atoms with Crippen LogP contribution >= 0.6 is 23.2 Å². The molecule has 444 valence electrons. The van der Waals surface area contributed by atoms with Crippen molar-refractivity contribution in [3.05, 3.63) is 336 Å². The number of rotatable bonds is 14. The average Bonchev–Trinajstić information content (AvgIpc) is 0.744. The monoisotopic (exact) mass is 1220 g/mol. The lowest BCUT2D eigenvalue weighted by molar-refractivity contribution is 0.590. The summed E-state index contributed by atoms with van der Waals surface area (Å²) >= 11 is 14.4. The molecule has 4 heteroatoms. The van der Waals surface area contributed by atoms with Gasteiger partial charge < -0.3 is 9.80 Å². The van der Waals surface area contributed by atoms with Crippen molar-refractivity contribution < 1.29 is 4.11 Å². The van der Waals surface area contributed by atoms with Gasteiger partial charge in [0, 0.05) is 59.2 Å². The second kappa shape index (κ2) is 25.5. The molecule has 0 saturated heterocycles. The van der Waals surface area contributed by atoms with Crippen molar-refractivity contribution in [1.29, 1.82) is 0 Å². The Labute approximate surface area is 552 Å². The van der Waals surface area contributed by atoms with Crippen LogP contribution in [0.25, 0.3) is 89.0 Å². The van der Waals surface area contributed by atoms with Gasteiger partial charge in [0.1, 0.15) is 0 Å². The van der Waals surface area contributed by atoms with E-state index in [1.165, 1.54) is 0 Å². The molecule has 0 heterocycles. The maximum absolute atomic E-state index is 9.54. The van der Waals surface area contributed by atoms with Crippen LogP contribution in [0.1, 0.15) is 62.3 Å². The SMILES string of the molecule is [2H]C([2H])([2H])c1cc(N(c2cccc(Cl)c2)c2c(-c3ccccc3)cc(C(C)(C)C)cc2-c2cccc(-c3cccc(-c4ccccc4)c3)c2)cc(N(c2cccc(Cl)c2)c2c(-c3ccccc3)cc(C(C)(C)C)cc2-c2cccc(-c3cccc(-c4ccccc4)c3)c2)c1. The Hall–Kier alpha value is -9.96. The molecule has 0 unspecified atom stereocenters. The van der Waals surface area contributed by atoms with Gasteiger partial charge in [0.05, 0.1) is 11.4 Å². The highest BCUT2D eigenvalue weighted by Gasteiger charge is 2.30. The molecule has 13 aromatic carbocycles. The van der Waals surface area contributed by atoms with Crippen LogP contribution in [0.2, 0.25) is 10.0 Å². The third-order valence-corrected chi connectivity index (χ3v) is 17.5. The lowest BCUT2D eigenvalue weighted by Crippen LogP contribution is -2.18. The highest BCUT2D eigenvalue weighted by molar-refractivity contribution is 6.31. The molecule has 0 aliphatic heterocycles. The van der Waals surface area contributed by atoms with Crippen molar-refractivity contribution in [1.82, 2.24) is 0 Å². The fourth-order valence-electron chi connectivity index (χ4n) is 12.4. The van der Waals surface area contributed by atoms with E-state index in [9.17, 15) is 4.11 Å². The Morgan fingerprint density at radius 3 is 0.846 bits per heavy atom. The summed E-state index contributed by atoms with van der Waals surface area (Å²) in [7, 11) is 0. The number of nitrogens with zero attached hydrogens (tertiary/aromatic N) is 2. The molecule has 2 nitrogen and oxygen atoms in total. The molecule has 0 aliphatic rings. The molecule has 0 aromatic heterocycles. The molecular weight excluding hydrogens is 1140 g/mol. The Bertz CT molecular complexity index is 4580. The van der Waals surface area contributed by atoms with Gasteiger partial charge in [-0.05, 0) is 204 Å². The molecule has 91 heavy (non-hydrogen) atoms. The summed E-state index contributed by atoms with van der Waals surface area (Å²) in [5.74, 6) is 0. The fourth-order valence-corrected chi connectivity index (χ4v) is 12.8. The maximum atomic E-state index is 9.54. The fraction of sp³-hybridized carbons (Fsp3) is 0.103. The van der Waals surface area contributed by atoms with E-state index in [1.807, 2.05) is 72.8 Å². The Morgan fingerprint density at radius 2 is 0.527 bits per heavy atom. The molecule has 0 radical (unpaired) electrons. The zero-order valence-electron chi connectivity index (χ0n) is 55.1. The van der Waals surface area contributed by atoms with Crippen LogP contribution in [0.3, 0.4) is 0 Å². The minimum absolute atomic E-state index is 0.142. The highest BCUT2D eigenvalue weighted by atomic mass is 35.5. The van der Waals surface area contributed by atoms with Crippen molar-refractivity contribution in [2.75, 3.05) is 9.80 Å². The number of halogens is 2. The van der Waals surface area contributed by atoms with E-state index >= 15 is 0 Å². The lowest BCUT2D eigenvalue weighted by Gasteiger charge is -2.35. The average molecular weight is 1220 g/mol. The smallest absolute Gasteiger partial charge is 0.0618 e. The first kappa shape index (κ1) is 56.3. The summed E-state index contributed by atoms with van der Waals surface area (Å²) < 4.78 is 28.6. The first-order valence-corrected chi connectivity index (χ1v) is 31.8. The number of hydrogen-bond donors (Lipinski definition) is 0. The predicted molar refractivity (Wildman–Crippen MR) is 391 cm³/mol. The summed E-state index contributed by atoms with van der Waals surface area (Å²) in [6.45, 7) is 10.9. The molecule has 0 bridgehead atoms. The van der Waals surface area contributed by atoms with Gasteiger partial charge in [-0.3, -0.25) is 0 Å². The third-order valence-electron chi connectivity index (χ3n) is 17.1. The normalized spacial score (nSPS) is 12.2. The summed E-state index contributed by atoms with van der Waals surface area (Å²) in [6, 6.07) is 108. The van der Waals surface area contributed by atoms with E-state index in [-0.39, 0.29) is 16.4 Å². The van der Waals surface area contributed by atoms with E-state index < -0.39 is 6.85 Å². The van der Waals surface area contributed by atoms with Gasteiger partial charge in [0.25, 0.3) is 0 Å². The molecule has 0 spiro atoms. The topological polar surface area (TPSA) is 6.48 Å². The number of anilines is 6. The molecule has 13 aromatic rings. The Kier molecular flexibility index (Phi) is 15.8. The van der Waals surface area contributed by atoms with Gasteiger partial charge in [-0.1, -0.05) is 271 Å². The zero-order valence-corrected chi connectivity index (χ0v) is 53.6. The van der Waals surface area contributed by atoms with Crippen molar-refractivity contribution in [2.24, 2.45) is 0 Å². The predicted octanol–water partition coefficient (Wildman–Crippen LogP) is 26.2. The summed E-state index contributed by atoms with van der Waals surface area (Å²) in [5, 5.41) is 1.05. The van der Waals surface area contributed by atoms with Crippen LogP contribution in [0.4, 0.5) is 34.1 Å². The van der Waals surface area contributed by atoms with E-state index in [2.05, 4.69) is 288 Å². The van der Waals surface area contributed by atoms with Crippen molar-refractivity contribution in [3.63, 3.8) is 0 Å². The van der Waals surface area contributed by atoms with Crippen LogP contribution in [-0.2, 0) is 10.8 Å². The molecule has 0 N–H and O–H groups in total. The Morgan fingerprint density at radius 1 is 0.253 bits per heavy atom. The number of hydrogen-bond acceptors (Lipinski definition) is 2. The number of benzene rings is 13. The van der Waals surface area contributed by atoms with Crippen LogP contribution in [-0.4, -0.2) is 0 Å². The van der Waals surface area contributed by atoms with Crippen LogP contribution < -0.4 is 9.80 Å². The van der Waals surface area contributed by atoms with Crippen molar-refractivity contribution >= 4 is 57.3 Å². The van der Waals surface area contributed by atoms with Gasteiger partial charge in [-0.15, -0.1) is 0 Å². The van der Waals surface area contributed by atoms with Gasteiger partial charge in [0.2, 0.25) is 0 Å². The van der Waals surface area contributed by atoms with Crippen molar-refractivity contribution in [3.8, 4) is 89.0 Å². The quantitative estimate of drug-likeness (QED) is 0.107. The highest BCUT2D eigenvalue weighted by Crippen LogP contribution is 2.54. The largest absolute Gasteiger partial charge is 0.309 e. The summed E-state index contributed by atoms with van der Waals surface area (Å²) in [4.78, 5) is 4.45. The van der Waals surface area contributed by atoms with E-state index in [0.717, 1.165) is 123 Å². The molecule has 0 fully saturated rings. The molecular formula is C87H72Cl2N2. The summed E-state index contributed by atoms with van der Waals surface area (Å²) in [5.41, 5.74) is 22.7. The van der Waals surface area contributed by atoms with Crippen molar-refractivity contribution in [2.45, 2.75) is 59.2 Å². The first-order valence-electron chi connectivity index (χ1n) is 32.6. The summed E-state index contributed by atoms with van der Waals surface area (Å²) in [6.07, 6.45) is 0. The minimum atomic E-state index is -2.60. The van der Waals surface area contributed by atoms with Crippen LogP contribution in [0.5, 0.6) is 0 Å². The van der Waals surface area contributed by atoms with Crippen LogP contribution in [0.15, 0.2) is 309 Å². The molecule has 0 atom stereocenters. The minimum Gasteiger partial charge on any atom is -0.309 e. The zero-order chi connectivity index (χ0) is 65.3. The van der Waals surface area contributed by atoms with E-state index in [4.69, 9.17) is 23.2 Å². The van der Waals surface area contributed by atoms with E-state index in [1.54, 1.807) is 0 Å².